The lowest BCUT2D eigenvalue weighted by molar-refractivity contribution is -0.172. The molecule has 2 aliphatic rings. The lowest BCUT2D eigenvalue weighted by Gasteiger charge is -2.25. The van der Waals surface area contributed by atoms with E-state index in [1.165, 1.54) is 0 Å². The summed E-state index contributed by atoms with van der Waals surface area (Å²) in [6.45, 7) is 3.77. The lowest BCUT2D eigenvalue weighted by atomic mass is 10.1. The zero-order valence-corrected chi connectivity index (χ0v) is 16.6. The van der Waals surface area contributed by atoms with Crippen LogP contribution in [-0.4, -0.2) is 46.0 Å². The van der Waals surface area contributed by atoms with E-state index in [1.54, 1.807) is 48.5 Å². The number of imide groups is 2. The van der Waals surface area contributed by atoms with Crippen molar-refractivity contribution in [3.63, 3.8) is 0 Å². The summed E-state index contributed by atoms with van der Waals surface area (Å²) in [5.74, 6) is -2.19. The van der Waals surface area contributed by atoms with E-state index in [0.717, 1.165) is 20.9 Å². The third-order valence-corrected chi connectivity index (χ3v) is 5.47. The predicted octanol–water partition coefficient (Wildman–Crippen LogP) is 1.96. The van der Waals surface area contributed by atoms with Gasteiger partial charge in [-0.15, -0.1) is 0 Å². The molecule has 2 atom stereocenters. The first kappa shape index (κ1) is 19.9. The summed E-state index contributed by atoms with van der Waals surface area (Å²) in [6, 6.07) is 11.3. The van der Waals surface area contributed by atoms with Gasteiger partial charge < -0.3 is 5.21 Å². The van der Waals surface area contributed by atoms with Gasteiger partial charge in [0.2, 0.25) is 11.8 Å². The Morgan fingerprint density at radius 1 is 0.700 bits per heavy atom. The van der Waals surface area contributed by atoms with Gasteiger partial charge >= 0.3 is 0 Å². The van der Waals surface area contributed by atoms with Gasteiger partial charge in [-0.2, -0.15) is 5.06 Å². The highest BCUT2D eigenvalue weighted by Gasteiger charge is 2.50. The molecular formula is C22H21N3O5. The Morgan fingerprint density at radius 2 is 1.03 bits per heavy atom. The third-order valence-electron chi connectivity index (χ3n) is 5.47. The average molecular weight is 407 g/mol. The van der Waals surface area contributed by atoms with Crippen molar-refractivity contribution >= 4 is 35.0 Å². The molecule has 8 nitrogen and oxygen atoms in total. The van der Waals surface area contributed by atoms with Crippen LogP contribution >= 0.6 is 0 Å². The largest absolute Gasteiger partial charge is 0.312 e. The molecular weight excluding hydrogens is 386 g/mol. The second kappa shape index (κ2) is 7.47. The average Bonchev–Trinajstić information content (AvgIpc) is 3.18. The highest BCUT2D eigenvalue weighted by molar-refractivity contribution is 6.24. The van der Waals surface area contributed by atoms with Crippen LogP contribution in [-0.2, 0) is 19.2 Å². The van der Waals surface area contributed by atoms with Crippen LogP contribution in [0.5, 0.6) is 0 Å². The summed E-state index contributed by atoms with van der Waals surface area (Å²) in [4.78, 5) is 52.7. The molecule has 4 rings (SSSR count). The fourth-order valence-corrected chi connectivity index (χ4v) is 3.79. The van der Waals surface area contributed by atoms with Crippen molar-refractivity contribution in [2.24, 2.45) is 0 Å². The Balaban J connectivity index is 1.55. The predicted molar refractivity (Wildman–Crippen MR) is 108 cm³/mol. The maximum Gasteiger partial charge on any atom is 0.254 e. The monoisotopic (exact) mass is 407 g/mol. The van der Waals surface area contributed by atoms with Gasteiger partial charge in [-0.25, -0.2) is 9.80 Å². The fourth-order valence-electron chi connectivity index (χ4n) is 3.79. The summed E-state index contributed by atoms with van der Waals surface area (Å²) in [6.07, 6.45) is -0.544. The molecule has 0 aromatic heterocycles. The number of nitrogens with zero attached hydrogens (tertiary/aromatic N) is 3. The molecule has 2 aromatic rings. The van der Waals surface area contributed by atoms with Crippen molar-refractivity contribution in [1.29, 1.82) is 0 Å². The third kappa shape index (κ3) is 3.30. The van der Waals surface area contributed by atoms with Crippen LogP contribution in [0.2, 0.25) is 0 Å². The van der Waals surface area contributed by atoms with Crippen molar-refractivity contribution in [3.05, 3.63) is 59.7 Å². The van der Waals surface area contributed by atoms with Crippen molar-refractivity contribution in [2.45, 2.75) is 38.8 Å². The number of hydrogen-bond donors (Lipinski definition) is 1. The fraction of sp³-hybridized carbons (Fsp3) is 0.273. The summed E-state index contributed by atoms with van der Waals surface area (Å²) in [7, 11) is 0. The number of rotatable bonds is 4. The number of anilines is 2. The molecule has 0 radical (unpaired) electrons. The molecule has 2 fully saturated rings. The number of carbonyl (C=O) groups excluding carboxylic acids is 4. The molecule has 2 aliphatic heterocycles. The van der Waals surface area contributed by atoms with Gasteiger partial charge in [0, 0.05) is 0 Å². The Bertz CT molecular complexity index is 948. The van der Waals surface area contributed by atoms with Crippen molar-refractivity contribution in [2.75, 3.05) is 9.80 Å². The van der Waals surface area contributed by atoms with Crippen LogP contribution in [0.1, 0.15) is 24.0 Å². The molecule has 0 aliphatic carbocycles. The van der Waals surface area contributed by atoms with Gasteiger partial charge in [0.05, 0.1) is 24.2 Å². The maximum absolute atomic E-state index is 12.9. The smallest absolute Gasteiger partial charge is 0.254 e. The van der Waals surface area contributed by atoms with E-state index >= 15 is 0 Å². The van der Waals surface area contributed by atoms with Crippen LogP contribution in [0.25, 0.3) is 0 Å². The molecule has 2 saturated heterocycles. The minimum Gasteiger partial charge on any atom is -0.312 e. The van der Waals surface area contributed by atoms with Crippen LogP contribution in [0, 0.1) is 13.8 Å². The highest BCUT2D eigenvalue weighted by atomic mass is 16.5. The van der Waals surface area contributed by atoms with Gasteiger partial charge in [0.1, 0.15) is 12.1 Å². The zero-order chi connectivity index (χ0) is 21.6. The number of amides is 4. The summed E-state index contributed by atoms with van der Waals surface area (Å²) < 4.78 is 0. The van der Waals surface area contributed by atoms with Gasteiger partial charge in [0.25, 0.3) is 11.8 Å². The number of hydrogen-bond acceptors (Lipinski definition) is 6. The molecule has 0 unspecified atom stereocenters. The molecule has 30 heavy (non-hydrogen) atoms. The Hall–Kier alpha value is -3.36. The highest BCUT2D eigenvalue weighted by Crippen LogP contribution is 2.30. The van der Waals surface area contributed by atoms with Gasteiger partial charge in [-0.1, -0.05) is 35.4 Å². The van der Waals surface area contributed by atoms with E-state index < -0.39 is 35.7 Å². The number of aryl methyl sites for hydroxylation is 2. The van der Waals surface area contributed by atoms with Gasteiger partial charge in [-0.3, -0.25) is 19.2 Å². The SMILES string of the molecule is Cc1ccc(N2C(=O)C[C@@H](N(O)[C@@H]3CC(=O)N(c4ccc(C)cc4)C3=O)C2=O)cc1. The molecule has 154 valence electrons. The summed E-state index contributed by atoms with van der Waals surface area (Å²) in [5.41, 5.74) is 2.76. The molecule has 0 saturated carbocycles. The minimum absolute atomic E-state index is 0.272. The van der Waals surface area contributed by atoms with E-state index in [-0.39, 0.29) is 12.8 Å². The molecule has 4 amide bonds. The Labute approximate surface area is 173 Å². The standard InChI is InChI=1S/C22H21N3O5/c1-13-3-7-15(8-4-13)23-19(26)11-17(21(23)28)25(30)18-12-20(27)24(22(18)29)16-9-5-14(2)6-10-16/h3-10,17-18,30H,11-12H2,1-2H3/t17-,18-/m1/s1. The zero-order valence-electron chi connectivity index (χ0n) is 16.6. The van der Waals surface area contributed by atoms with E-state index in [9.17, 15) is 24.4 Å². The van der Waals surface area contributed by atoms with E-state index in [2.05, 4.69) is 0 Å². The van der Waals surface area contributed by atoms with Crippen LogP contribution in [0.3, 0.4) is 0 Å². The van der Waals surface area contributed by atoms with E-state index in [1.807, 2.05) is 13.8 Å². The molecule has 1 N–H and O–H groups in total. The molecule has 2 aromatic carbocycles. The maximum atomic E-state index is 12.9. The van der Waals surface area contributed by atoms with Crippen molar-refractivity contribution in [1.82, 2.24) is 5.06 Å². The minimum atomic E-state index is -1.22. The van der Waals surface area contributed by atoms with Gasteiger partial charge in [-0.05, 0) is 38.1 Å². The van der Waals surface area contributed by atoms with Crippen LogP contribution < -0.4 is 9.80 Å². The van der Waals surface area contributed by atoms with E-state index in [4.69, 9.17) is 0 Å². The quantitative estimate of drug-likeness (QED) is 0.615. The second-order valence-corrected chi connectivity index (χ2v) is 7.63. The molecule has 2 heterocycles. The Kier molecular flexibility index (Phi) is 4.97. The van der Waals surface area contributed by atoms with Crippen LogP contribution in [0.15, 0.2) is 48.5 Å². The summed E-state index contributed by atoms with van der Waals surface area (Å²) in [5, 5.41) is 11.2. The second-order valence-electron chi connectivity index (χ2n) is 7.63. The number of benzene rings is 2. The number of carbonyl (C=O) groups is 4. The summed E-state index contributed by atoms with van der Waals surface area (Å²) >= 11 is 0. The van der Waals surface area contributed by atoms with Gasteiger partial charge in [0.15, 0.2) is 0 Å². The molecule has 0 spiro atoms. The lowest BCUT2D eigenvalue weighted by Crippen LogP contribution is -2.49. The first-order valence-electron chi connectivity index (χ1n) is 9.62. The normalized spacial score (nSPS) is 22.0. The molecule has 0 bridgehead atoms. The van der Waals surface area contributed by atoms with Crippen molar-refractivity contribution in [3.8, 4) is 0 Å². The topological polar surface area (TPSA) is 98.2 Å². The van der Waals surface area contributed by atoms with E-state index in [0.29, 0.717) is 16.4 Å². The van der Waals surface area contributed by atoms with Crippen LogP contribution in [0.4, 0.5) is 11.4 Å². The first-order chi connectivity index (χ1) is 14.3. The number of hydroxylamine groups is 2. The first-order valence-corrected chi connectivity index (χ1v) is 9.62. The molecule has 8 heteroatoms. The van der Waals surface area contributed by atoms with Crippen molar-refractivity contribution < 1.29 is 24.4 Å². The Morgan fingerprint density at radius 3 is 1.37 bits per heavy atom.